The lowest BCUT2D eigenvalue weighted by Crippen LogP contribution is -2.33. The van der Waals surface area contributed by atoms with Crippen molar-refractivity contribution in [1.29, 1.82) is 0 Å². The molecule has 1 atom stereocenters. The molecule has 132 valence electrons. The minimum Gasteiger partial charge on any atom is -0.480 e. The van der Waals surface area contributed by atoms with Gasteiger partial charge in [-0.05, 0) is 49.6 Å². The molecule has 0 radical (unpaired) electrons. The minimum atomic E-state index is -0.623. The number of rotatable bonds is 6. The van der Waals surface area contributed by atoms with Crippen LogP contribution in [0.4, 0.5) is 5.69 Å². The summed E-state index contributed by atoms with van der Waals surface area (Å²) in [6, 6.07) is 12.7. The molecule has 1 amide bonds. The molecule has 2 rings (SSSR count). The lowest BCUT2D eigenvalue weighted by molar-refractivity contribution is -0.122. The Hall–Kier alpha value is -2.82. The van der Waals surface area contributed by atoms with Crippen LogP contribution in [-0.2, 0) is 9.53 Å². The van der Waals surface area contributed by atoms with Gasteiger partial charge < -0.3 is 14.8 Å². The van der Waals surface area contributed by atoms with Gasteiger partial charge >= 0.3 is 5.97 Å². The number of methoxy groups -OCH3 is 1. The average molecular weight is 341 g/mol. The molecule has 5 nitrogen and oxygen atoms in total. The van der Waals surface area contributed by atoms with E-state index >= 15 is 0 Å². The van der Waals surface area contributed by atoms with Crippen LogP contribution in [0.1, 0.15) is 34.8 Å². The molecular formula is C20H23NO4. The molecule has 0 saturated heterocycles. The molecule has 25 heavy (non-hydrogen) atoms. The van der Waals surface area contributed by atoms with E-state index in [1.54, 1.807) is 25.1 Å². The number of carbonyl (C=O) groups is 2. The van der Waals surface area contributed by atoms with E-state index in [0.29, 0.717) is 29.0 Å². The van der Waals surface area contributed by atoms with Gasteiger partial charge in [-0.15, -0.1) is 0 Å². The molecule has 5 heteroatoms. The molecular weight excluding hydrogens is 318 g/mol. The third-order valence-corrected chi connectivity index (χ3v) is 4.02. The Bertz CT molecular complexity index is 770. The van der Waals surface area contributed by atoms with Gasteiger partial charge in [0.15, 0.2) is 6.10 Å². The molecule has 0 aliphatic rings. The van der Waals surface area contributed by atoms with Gasteiger partial charge in [0.1, 0.15) is 5.75 Å². The second-order valence-corrected chi connectivity index (χ2v) is 5.74. The van der Waals surface area contributed by atoms with Gasteiger partial charge in [-0.3, -0.25) is 4.79 Å². The lowest BCUT2D eigenvalue weighted by Gasteiger charge is -2.19. The maximum Gasteiger partial charge on any atom is 0.338 e. The van der Waals surface area contributed by atoms with Crippen LogP contribution in [0.3, 0.4) is 0 Å². The van der Waals surface area contributed by atoms with E-state index in [2.05, 4.69) is 5.32 Å². The van der Waals surface area contributed by atoms with Gasteiger partial charge in [0.05, 0.1) is 12.7 Å². The molecule has 1 unspecified atom stereocenters. The Balaban J connectivity index is 2.17. The van der Waals surface area contributed by atoms with E-state index in [1.165, 1.54) is 7.11 Å². The molecule has 0 fully saturated rings. The second-order valence-electron chi connectivity index (χ2n) is 5.74. The Labute approximate surface area is 148 Å². The molecule has 2 aromatic carbocycles. The first-order valence-corrected chi connectivity index (χ1v) is 8.19. The van der Waals surface area contributed by atoms with Crippen molar-refractivity contribution >= 4 is 17.6 Å². The monoisotopic (exact) mass is 341 g/mol. The van der Waals surface area contributed by atoms with E-state index in [4.69, 9.17) is 9.47 Å². The number of hydrogen-bond acceptors (Lipinski definition) is 4. The highest BCUT2D eigenvalue weighted by Gasteiger charge is 2.21. The zero-order chi connectivity index (χ0) is 18.4. The zero-order valence-corrected chi connectivity index (χ0v) is 15.0. The van der Waals surface area contributed by atoms with E-state index < -0.39 is 12.1 Å². The van der Waals surface area contributed by atoms with Crippen molar-refractivity contribution < 1.29 is 19.1 Å². The quantitative estimate of drug-likeness (QED) is 0.810. The van der Waals surface area contributed by atoms with Gasteiger partial charge in [0, 0.05) is 5.69 Å². The van der Waals surface area contributed by atoms with Gasteiger partial charge in [-0.25, -0.2) is 4.79 Å². The van der Waals surface area contributed by atoms with Gasteiger partial charge in [0.2, 0.25) is 0 Å². The fourth-order valence-electron chi connectivity index (χ4n) is 2.48. The summed E-state index contributed by atoms with van der Waals surface area (Å²) >= 11 is 0. The summed E-state index contributed by atoms with van der Waals surface area (Å²) in [6.45, 7) is 5.59. The topological polar surface area (TPSA) is 64.6 Å². The Morgan fingerprint density at radius 1 is 1.08 bits per heavy atom. The number of nitrogens with one attached hydrogen (secondary N) is 1. The molecule has 0 saturated carbocycles. The fraction of sp³-hybridized carbons (Fsp3) is 0.300. The van der Waals surface area contributed by atoms with Crippen LogP contribution in [0, 0.1) is 13.8 Å². The first kappa shape index (κ1) is 18.5. The largest absolute Gasteiger partial charge is 0.480 e. The van der Waals surface area contributed by atoms with Crippen LogP contribution in [0.25, 0.3) is 0 Å². The number of hydrogen-bond donors (Lipinski definition) is 1. The number of carbonyl (C=O) groups excluding carboxylic acids is 2. The molecule has 0 aromatic heterocycles. The van der Waals surface area contributed by atoms with E-state index in [9.17, 15) is 9.59 Å². The van der Waals surface area contributed by atoms with Gasteiger partial charge in [-0.1, -0.05) is 31.2 Å². The maximum absolute atomic E-state index is 12.6. The number of aryl methyl sites for hydroxylation is 1. The highest BCUT2D eigenvalue weighted by Crippen LogP contribution is 2.22. The number of amides is 1. The third kappa shape index (κ3) is 4.38. The number of ether oxygens (including phenoxy) is 2. The fourth-order valence-corrected chi connectivity index (χ4v) is 2.48. The number of anilines is 1. The van der Waals surface area contributed by atoms with Crippen molar-refractivity contribution in [2.45, 2.75) is 33.3 Å². The van der Waals surface area contributed by atoms with Crippen molar-refractivity contribution in [3.05, 3.63) is 59.2 Å². The third-order valence-electron chi connectivity index (χ3n) is 4.02. The molecule has 0 spiro atoms. The van der Waals surface area contributed by atoms with E-state index in [1.807, 2.05) is 38.1 Å². The molecule has 2 aromatic rings. The first-order chi connectivity index (χ1) is 12.0. The van der Waals surface area contributed by atoms with Crippen molar-refractivity contribution in [3.8, 4) is 5.75 Å². The Kier molecular flexibility index (Phi) is 6.17. The van der Waals surface area contributed by atoms with Crippen LogP contribution < -0.4 is 10.1 Å². The van der Waals surface area contributed by atoms with E-state index in [0.717, 1.165) is 5.56 Å². The minimum absolute atomic E-state index is 0.254. The predicted octanol–water partition coefficient (Wildman–Crippen LogP) is 3.89. The summed E-state index contributed by atoms with van der Waals surface area (Å²) in [5.41, 5.74) is 2.62. The molecule has 0 aliphatic carbocycles. The highest BCUT2D eigenvalue weighted by atomic mass is 16.5. The molecule has 1 N–H and O–H groups in total. The summed E-state index contributed by atoms with van der Waals surface area (Å²) in [6.07, 6.45) is -0.0992. The van der Waals surface area contributed by atoms with Crippen LogP contribution in [0.2, 0.25) is 0 Å². The van der Waals surface area contributed by atoms with Crippen molar-refractivity contribution in [2.24, 2.45) is 0 Å². The number of esters is 1. The summed E-state index contributed by atoms with van der Waals surface area (Å²) < 4.78 is 10.6. The van der Waals surface area contributed by atoms with Crippen molar-refractivity contribution in [2.75, 3.05) is 12.4 Å². The van der Waals surface area contributed by atoms with Crippen LogP contribution in [0.5, 0.6) is 5.75 Å². The summed E-state index contributed by atoms with van der Waals surface area (Å²) in [4.78, 5) is 24.4. The van der Waals surface area contributed by atoms with E-state index in [-0.39, 0.29) is 5.91 Å². The average Bonchev–Trinajstić information content (AvgIpc) is 2.62. The van der Waals surface area contributed by atoms with Crippen molar-refractivity contribution in [1.82, 2.24) is 0 Å². The lowest BCUT2D eigenvalue weighted by atomic mass is 10.1. The standard InChI is InChI=1S/C20H23NO4/c1-5-17(25-18-12-7-6-9-13(18)2)19(22)21-16-11-8-10-15(14(16)3)20(23)24-4/h6-12,17H,5H2,1-4H3,(H,21,22). The summed E-state index contributed by atoms with van der Waals surface area (Å²) in [7, 11) is 1.33. The van der Waals surface area contributed by atoms with Gasteiger partial charge in [0.25, 0.3) is 5.91 Å². The number of benzene rings is 2. The van der Waals surface area contributed by atoms with Crippen molar-refractivity contribution in [3.63, 3.8) is 0 Å². The van der Waals surface area contributed by atoms with Crippen LogP contribution >= 0.6 is 0 Å². The SMILES string of the molecule is CCC(Oc1ccccc1C)C(=O)Nc1cccc(C(=O)OC)c1C. The van der Waals surface area contributed by atoms with Crippen LogP contribution in [0.15, 0.2) is 42.5 Å². The van der Waals surface area contributed by atoms with Crippen LogP contribution in [-0.4, -0.2) is 25.1 Å². The molecule has 0 aliphatic heterocycles. The molecule has 0 bridgehead atoms. The number of para-hydroxylation sites is 1. The maximum atomic E-state index is 12.6. The predicted molar refractivity (Wildman–Crippen MR) is 97.0 cm³/mol. The Morgan fingerprint density at radius 2 is 1.80 bits per heavy atom. The van der Waals surface area contributed by atoms with Gasteiger partial charge in [-0.2, -0.15) is 0 Å². The normalized spacial score (nSPS) is 11.5. The summed E-state index contributed by atoms with van der Waals surface area (Å²) in [5, 5.41) is 2.85. The molecule has 0 heterocycles. The Morgan fingerprint density at radius 3 is 2.44 bits per heavy atom. The second kappa shape index (κ2) is 8.33. The smallest absolute Gasteiger partial charge is 0.338 e. The first-order valence-electron chi connectivity index (χ1n) is 8.19. The summed E-state index contributed by atoms with van der Waals surface area (Å²) in [5.74, 6) is -0.00259. The highest BCUT2D eigenvalue weighted by molar-refractivity contribution is 5.98. The zero-order valence-electron chi connectivity index (χ0n) is 15.0.